The molecule has 0 aromatic heterocycles. The van der Waals surface area contributed by atoms with Gasteiger partial charge in [0.1, 0.15) is 6.04 Å². The zero-order chi connectivity index (χ0) is 11.1. The highest BCUT2D eigenvalue weighted by Crippen LogP contribution is 2.11. The minimum atomic E-state index is -1.04. The van der Waals surface area contributed by atoms with E-state index in [9.17, 15) is 9.59 Å². The van der Waals surface area contributed by atoms with E-state index in [4.69, 9.17) is 10.8 Å². The molecule has 6 heteroatoms. The Kier molecular flexibility index (Phi) is 6.31. The molecule has 0 rings (SSSR count). The minimum absolute atomic E-state index is 0.0879. The number of carboxylic acids is 1. The van der Waals surface area contributed by atoms with Crippen molar-refractivity contribution in [1.29, 1.82) is 0 Å². The third-order valence-electron chi connectivity index (χ3n) is 1.56. The Morgan fingerprint density at radius 2 is 2.14 bits per heavy atom. The van der Waals surface area contributed by atoms with Crippen LogP contribution < -0.4 is 11.1 Å². The van der Waals surface area contributed by atoms with Crippen molar-refractivity contribution in [2.24, 2.45) is 5.73 Å². The molecule has 14 heavy (non-hydrogen) atoms. The van der Waals surface area contributed by atoms with Crippen LogP contribution >= 0.6 is 11.8 Å². The topological polar surface area (TPSA) is 92.4 Å². The first-order valence-corrected chi connectivity index (χ1v) is 5.41. The number of carbonyl (C=O) groups is 2. The first-order valence-electron chi connectivity index (χ1n) is 4.36. The second-order valence-corrected chi connectivity index (χ2v) is 4.19. The molecule has 0 spiro atoms. The van der Waals surface area contributed by atoms with Crippen molar-refractivity contribution in [2.75, 3.05) is 12.3 Å². The van der Waals surface area contributed by atoms with Gasteiger partial charge in [-0.25, -0.2) is 0 Å². The third-order valence-corrected chi connectivity index (χ3v) is 2.83. The van der Waals surface area contributed by atoms with Crippen molar-refractivity contribution in [2.45, 2.75) is 25.1 Å². The molecule has 0 heterocycles. The molecule has 1 unspecified atom stereocenters. The van der Waals surface area contributed by atoms with Gasteiger partial charge in [0.05, 0.1) is 5.25 Å². The van der Waals surface area contributed by atoms with Gasteiger partial charge in [-0.1, -0.05) is 0 Å². The summed E-state index contributed by atoms with van der Waals surface area (Å²) < 4.78 is 0. The van der Waals surface area contributed by atoms with Gasteiger partial charge in [0.2, 0.25) is 5.91 Å². The van der Waals surface area contributed by atoms with E-state index in [0.717, 1.165) is 0 Å². The Morgan fingerprint density at radius 1 is 1.57 bits per heavy atom. The number of carbonyl (C=O) groups excluding carboxylic acids is 1. The molecular formula is C8H16N2O3S. The second kappa shape index (κ2) is 6.67. The molecule has 0 aromatic carbocycles. The summed E-state index contributed by atoms with van der Waals surface area (Å²) in [5, 5.41) is 10.9. The fourth-order valence-electron chi connectivity index (χ4n) is 0.713. The molecule has 82 valence electrons. The number of aliphatic carboxylic acids is 1. The summed E-state index contributed by atoms with van der Waals surface area (Å²) in [4.78, 5) is 21.6. The smallest absolute Gasteiger partial charge is 0.321 e. The maximum atomic E-state index is 11.2. The highest BCUT2D eigenvalue weighted by molar-refractivity contribution is 8.00. The molecule has 1 amide bonds. The maximum absolute atomic E-state index is 11.2. The first kappa shape index (κ1) is 13.2. The van der Waals surface area contributed by atoms with Crippen molar-refractivity contribution in [3.8, 4) is 0 Å². The Balaban J connectivity index is 3.78. The van der Waals surface area contributed by atoms with Crippen molar-refractivity contribution < 1.29 is 14.7 Å². The van der Waals surface area contributed by atoms with Gasteiger partial charge in [0, 0.05) is 12.3 Å². The van der Waals surface area contributed by atoms with E-state index >= 15 is 0 Å². The molecule has 5 nitrogen and oxygen atoms in total. The van der Waals surface area contributed by atoms with Gasteiger partial charge >= 0.3 is 5.97 Å². The van der Waals surface area contributed by atoms with Gasteiger partial charge in [0.15, 0.2) is 0 Å². The Morgan fingerprint density at radius 3 is 2.57 bits per heavy atom. The minimum Gasteiger partial charge on any atom is -0.480 e. The normalized spacial score (nSPS) is 14.5. The predicted octanol–water partition coefficient (Wildman–Crippen LogP) is -0.344. The molecule has 4 N–H and O–H groups in total. The van der Waals surface area contributed by atoms with Crippen LogP contribution in [0.1, 0.15) is 13.8 Å². The van der Waals surface area contributed by atoms with Crippen molar-refractivity contribution in [3.05, 3.63) is 0 Å². The van der Waals surface area contributed by atoms with E-state index in [2.05, 4.69) is 5.32 Å². The van der Waals surface area contributed by atoms with Crippen LogP contribution in [0.15, 0.2) is 0 Å². The molecule has 0 saturated carbocycles. The number of nitrogens with two attached hydrogens (primary N) is 1. The van der Waals surface area contributed by atoms with E-state index < -0.39 is 12.0 Å². The van der Waals surface area contributed by atoms with Gasteiger partial charge in [-0.3, -0.25) is 9.59 Å². The fourth-order valence-corrected chi connectivity index (χ4v) is 1.59. The number of nitrogens with one attached hydrogen (secondary N) is 1. The van der Waals surface area contributed by atoms with Crippen molar-refractivity contribution in [1.82, 2.24) is 5.32 Å². The SMILES string of the molecule is CCNC(=O)C(C)SC[C@@H](N)C(=O)O. The molecule has 2 atom stereocenters. The lowest BCUT2D eigenvalue weighted by atomic mass is 10.4. The molecule has 0 saturated heterocycles. The lowest BCUT2D eigenvalue weighted by Crippen LogP contribution is -2.36. The molecular weight excluding hydrogens is 204 g/mol. The highest BCUT2D eigenvalue weighted by Gasteiger charge is 2.17. The summed E-state index contributed by atoms with van der Waals surface area (Å²) in [6.45, 7) is 4.14. The molecule has 0 aliphatic rings. The monoisotopic (exact) mass is 220 g/mol. The molecule has 0 aliphatic carbocycles. The fraction of sp³-hybridized carbons (Fsp3) is 0.750. The number of hydrogen-bond donors (Lipinski definition) is 3. The van der Waals surface area contributed by atoms with Gasteiger partial charge in [-0.05, 0) is 13.8 Å². The van der Waals surface area contributed by atoms with E-state index in [0.29, 0.717) is 6.54 Å². The summed E-state index contributed by atoms with van der Waals surface area (Å²) in [6, 6.07) is -0.906. The number of rotatable bonds is 6. The van der Waals surface area contributed by atoms with Crippen LogP contribution in [0.2, 0.25) is 0 Å². The van der Waals surface area contributed by atoms with Crippen molar-refractivity contribution in [3.63, 3.8) is 0 Å². The van der Waals surface area contributed by atoms with Gasteiger partial charge in [-0.2, -0.15) is 0 Å². The first-order chi connectivity index (χ1) is 6.49. The molecule has 0 aromatic rings. The quantitative estimate of drug-likeness (QED) is 0.569. The highest BCUT2D eigenvalue weighted by atomic mass is 32.2. The Bertz CT molecular complexity index is 211. The van der Waals surface area contributed by atoms with E-state index in [-0.39, 0.29) is 16.9 Å². The second-order valence-electron chi connectivity index (χ2n) is 2.81. The van der Waals surface area contributed by atoms with Gasteiger partial charge in [0.25, 0.3) is 0 Å². The van der Waals surface area contributed by atoms with E-state index in [1.165, 1.54) is 11.8 Å². The molecule has 0 radical (unpaired) electrons. The summed E-state index contributed by atoms with van der Waals surface area (Å²) >= 11 is 1.24. The van der Waals surface area contributed by atoms with Crippen LogP contribution in [0, 0.1) is 0 Å². The van der Waals surface area contributed by atoms with Gasteiger partial charge < -0.3 is 16.2 Å². The average molecular weight is 220 g/mol. The lowest BCUT2D eigenvalue weighted by molar-refractivity contribution is -0.138. The van der Waals surface area contributed by atoms with E-state index in [1.54, 1.807) is 6.92 Å². The van der Waals surface area contributed by atoms with Crippen LogP contribution in [0.4, 0.5) is 0 Å². The standard InChI is InChI=1S/C8H16N2O3S/c1-3-10-7(11)5(2)14-4-6(9)8(12)13/h5-6H,3-4,9H2,1-2H3,(H,10,11)(H,12,13)/t5?,6-/m1/s1. The van der Waals surface area contributed by atoms with Crippen molar-refractivity contribution >= 4 is 23.6 Å². The zero-order valence-corrected chi connectivity index (χ0v) is 9.13. The summed E-state index contributed by atoms with van der Waals surface area (Å²) in [5.41, 5.74) is 5.29. The van der Waals surface area contributed by atoms with E-state index in [1.807, 2.05) is 6.92 Å². The lowest BCUT2D eigenvalue weighted by Gasteiger charge is -2.12. The number of amides is 1. The largest absolute Gasteiger partial charge is 0.480 e. The van der Waals surface area contributed by atoms with Crippen LogP contribution in [-0.4, -0.2) is 40.6 Å². The Labute approximate surface area is 87.4 Å². The van der Waals surface area contributed by atoms with Crippen LogP contribution in [0.25, 0.3) is 0 Å². The van der Waals surface area contributed by atoms with Crippen LogP contribution in [0.5, 0.6) is 0 Å². The van der Waals surface area contributed by atoms with Crippen LogP contribution in [0.3, 0.4) is 0 Å². The molecule has 0 aliphatic heterocycles. The average Bonchev–Trinajstić information content (AvgIpc) is 2.13. The zero-order valence-electron chi connectivity index (χ0n) is 8.32. The molecule has 0 bridgehead atoms. The summed E-state index contributed by atoms with van der Waals surface area (Å²) in [6.07, 6.45) is 0. The summed E-state index contributed by atoms with van der Waals surface area (Å²) in [5.74, 6) is -0.885. The predicted molar refractivity (Wildman–Crippen MR) is 56.2 cm³/mol. The number of thioether (sulfide) groups is 1. The Hall–Kier alpha value is -0.750. The summed E-state index contributed by atoms with van der Waals surface area (Å²) in [7, 11) is 0. The van der Waals surface area contributed by atoms with Gasteiger partial charge in [-0.15, -0.1) is 11.8 Å². The molecule has 0 fully saturated rings. The third kappa shape index (κ3) is 5.08. The maximum Gasteiger partial charge on any atom is 0.321 e. The number of hydrogen-bond acceptors (Lipinski definition) is 4. The number of carboxylic acid groups (broad SMARTS) is 1. The van der Waals surface area contributed by atoms with Crippen LogP contribution in [-0.2, 0) is 9.59 Å².